The number of carboxylic acids is 1. The van der Waals surface area contributed by atoms with E-state index in [1.807, 2.05) is 0 Å². The lowest BCUT2D eigenvalue weighted by molar-refractivity contribution is -0.140. The van der Waals surface area contributed by atoms with E-state index < -0.39 is 12.0 Å². The lowest BCUT2D eigenvalue weighted by Gasteiger charge is -2.11. The number of thioether (sulfide) groups is 1. The molecule has 1 amide bonds. The van der Waals surface area contributed by atoms with Crippen molar-refractivity contribution in [2.75, 3.05) is 23.0 Å². The van der Waals surface area contributed by atoms with Crippen LogP contribution in [0.1, 0.15) is 0 Å². The van der Waals surface area contributed by atoms with Crippen LogP contribution in [0.3, 0.4) is 0 Å². The third kappa shape index (κ3) is 6.44. The van der Waals surface area contributed by atoms with Gasteiger partial charge in [0.2, 0.25) is 5.91 Å². The molecular weight excluding hydrogens is 242 g/mol. The van der Waals surface area contributed by atoms with Gasteiger partial charge >= 0.3 is 5.97 Å². The van der Waals surface area contributed by atoms with Crippen LogP contribution in [0.4, 0.5) is 0 Å². The first-order chi connectivity index (χ1) is 6.61. The summed E-state index contributed by atoms with van der Waals surface area (Å²) in [6, 6.07) is -0.901. The maximum atomic E-state index is 11.1. The quantitative estimate of drug-likeness (QED) is 0.386. The van der Waals surface area contributed by atoms with Crippen molar-refractivity contribution in [2.45, 2.75) is 6.04 Å². The van der Waals surface area contributed by atoms with Gasteiger partial charge in [-0.25, -0.2) is 4.79 Å². The van der Waals surface area contributed by atoms with Crippen LogP contribution in [0.15, 0.2) is 0 Å². The summed E-state index contributed by atoms with van der Waals surface area (Å²) < 4.78 is 0. The van der Waals surface area contributed by atoms with Crippen molar-refractivity contribution in [2.24, 2.45) is 0 Å². The Kier molecular flexibility index (Phi) is 8.30. The number of carbonyl (C=O) groups excluding carboxylic acids is 1. The Morgan fingerprint density at radius 2 is 2.07 bits per heavy atom. The van der Waals surface area contributed by atoms with Crippen molar-refractivity contribution >= 4 is 48.9 Å². The number of amides is 1. The maximum Gasteiger partial charge on any atom is 0.327 e. The molecule has 0 spiro atoms. The zero-order chi connectivity index (χ0) is 11.0. The monoisotopic (exact) mass is 255 g/mol. The first kappa shape index (κ1) is 14.0. The van der Waals surface area contributed by atoms with Gasteiger partial charge in [0.05, 0.1) is 5.75 Å². The molecule has 14 heavy (non-hydrogen) atoms. The van der Waals surface area contributed by atoms with Gasteiger partial charge in [0.15, 0.2) is 0 Å². The molecule has 0 rings (SSSR count). The standard InChI is InChI=1S/C7H13NO3S3/c9-6(4-14-2-1-12)8-5(3-13)7(10)11/h5,12-13H,1-4H2,(H,8,9)(H,10,11). The van der Waals surface area contributed by atoms with Gasteiger partial charge in [-0.15, -0.1) is 0 Å². The van der Waals surface area contributed by atoms with Crippen LogP contribution >= 0.6 is 37.0 Å². The molecule has 0 aromatic rings. The Labute approximate surface area is 98.0 Å². The van der Waals surface area contributed by atoms with E-state index in [0.717, 1.165) is 5.75 Å². The summed E-state index contributed by atoms with van der Waals surface area (Å²) in [5.41, 5.74) is 0. The van der Waals surface area contributed by atoms with Gasteiger partial charge in [-0.2, -0.15) is 37.0 Å². The molecule has 1 unspecified atom stereocenters. The second-order valence-electron chi connectivity index (χ2n) is 2.42. The Bertz CT molecular complexity index is 201. The number of hydrogen-bond acceptors (Lipinski definition) is 5. The lowest BCUT2D eigenvalue weighted by atomic mass is 10.3. The summed E-state index contributed by atoms with van der Waals surface area (Å²) in [6.07, 6.45) is 0. The minimum Gasteiger partial charge on any atom is -0.480 e. The van der Waals surface area contributed by atoms with Crippen molar-refractivity contribution in [3.8, 4) is 0 Å². The molecule has 0 heterocycles. The number of thiol groups is 2. The molecule has 0 aromatic carbocycles. The van der Waals surface area contributed by atoms with E-state index in [1.165, 1.54) is 11.8 Å². The first-order valence-corrected chi connectivity index (χ1v) is 6.35. The van der Waals surface area contributed by atoms with Gasteiger partial charge in [0.25, 0.3) is 0 Å². The Morgan fingerprint density at radius 1 is 1.43 bits per heavy atom. The molecule has 0 aliphatic heterocycles. The summed E-state index contributed by atoms with van der Waals surface area (Å²) in [4.78, 5) is 21.7. The highest BCUT2D eigenvalue weighted by Crippen LogP contribution is 2.00. The second kappa shape index (κ2) is 8.31. The van der Waals surface area contributed by atoms with Crippen LogP contribution in [0.5, 0.6) is 0 Å². The van der Waals surface area contributed by atoms with E-state index >= 15 is 0 Å². The molecule has 0 fully saturated rings. The summed E-state index contributed by atoms with van der Waals surface area (Å²) >= 11 is 9.23. The van der Waals surface area contributed by atoms with Crippen molar-refractivity contribution in [3.63, 3.8) is 0 Å². The summed E-state index contributed by atoms with van der Waals surface area (Å²) in [6.45, 7) is 0. The zero-order valence-electron chi connectivity index (χ0n) is 7.47. The number of carbonyl (C=O) groups is 2. The van der Waals surface area contributed by atoms with Gasteiger partial charge in [-0.05, 0) is 5.75 Å². The molecule has 82 valence electrons. The number of aliphatic carboxylic acids is 1. The first-order valence-electron chi connectivity index (χ1n) is 3.93. The van der Waals surface area contributed by atoms with Gasteiger partial charge in [0.1, 0.15) is 6.04 Å². The van der Waals surface area contributed by atoms with E-state index in [9.17, 15) is 9.59 Å². The van der Waals surface area contributed by atoms with Crippen LogP contribution in [0.2, 0.25) is 0 Å². The molecule has 7 heteroatoms. The average molecular weight is 255 g/mol. The van der Waals surface area contributed by atoms with Crippen molar-refractivity contribution in [3.05, 3.63) is 0 Å². The normalized spacial score (nSPS) is 12.1. The molecule has 2 N–H and O–H groups in total. The van der Waals surface area contributed by atoms with Crippen molar-refractivity contribution in [1.82, 2.24) is 5.32 Å². The van der Waals surface area contributed by atoms with Crippen LogP contribution in [0, 0.1) is 0 Å². The molecule has 0 bridgehead atoms. The topological polar surface area (TPSA) is 66.4 Å². The molecule has 4 nitrogen and oxygen atoms in total. The predicted molar refractivity (Wildman–Crippen MR) is 64.6 cm³/mol. The number of nitrogens with one attached hydrogen (secondary N) is 1. The van der Waals surface area contributed by atoms with Crippen LogP contribution in [-0.2, 0) is 9.59 Å². The molecule has 0 aliphatic rings. The third-order valence-corrected chi connectivity index (χ3v) is 3.14. The van der Waals surface area contributed by atoms with E-state index in [2.05, 4.69) is 30.6 Å². The highest BCUT2D eigenvalue weighted by molar-refractivity contribution is 8.00. The average Bonchev–Trinajstić information content (AvgIpc) is 2.14. The molecule has 0 aromatic heterocycles. The summed E-state index contributed by atoms with van der Waals surface area (Å²) in [5.74, 6) is 0.490. The zero-order valence-corrected chi connectivity index (χ0v) is 10.1. The van der Waals surface area contributed by atoms with E-state index in [-0.39, 0.29) is 17.4 Å². The van der Waals surface area contributed by atoms with Gasteiger partial charge in [-0.1, -0.05) is 0 Å². The molecule has 0 aliphatic carbocycles. The van der Waals surface area contributed by atoms with Crippen LogP contribution in [0.25, 0.3) is 0 Å². The predicted octanol–water partition coefficient (Wildman–Crippen LogP) is 0.149. The Morgan fingerprint density at radius 3 is 2.50 bits per heavy atom. The lowest BCUT2D eigenvalue weighted by Crippen LogP contribution is -2.42. The fourth-order valence-corrected chi connectivity index (χ4v) is 1.83. The summed E-state index contributed by atoms with van der Waals surface area (Å²) in [7, 11) is 0. The fourth-order valence-electron chi connectivity index (χ4n) is 0.651. The summed E-state index contributed by atoms with van der Waals surface area (Å²) in [5, 5.41) is 11.0. The van der Waals surface area contributed by atoms with E-state index in [0.29, 0.717) is 5.75 Å². The molecular formula is C7H13NO3S3. The Balaban J connectivity index is 3.74. The van der Waals surface area contributed by atoms with Gasteiger partial charge in [-0.3, -0.25) is 4.79 Å². The fraction of sp³-hybridized carbons (Fsp3) is 0.714. The largest absolute Gasteiger partial charge is 0.480 e. The van der Waals surface area contributed by atoms with Crippen LogP contribution < -0.4 is 5.32 Å². The van der Waals surface area contributed by atoms with Crippen molar-refractivity contribution < 1.29 is 14.7 Å². The Hall–Kier alpha value is -0.0100. The second-order valence-corrected chi connectivity index (χ2v) is 4.33. The van der Waals surface area contributed by atoms with Crippen LogP contribution in [-0.4, -0.2) is 46.0 Å². The smallest absolute Gasteiger partial charge is 0.327 e. The highest BCUT2D eigenvalue weighted by Gasteiger charge is 2.17. The number of rotatable bonds is 7. The van der Waals surface area contributed by atoms with Gasteiger partial charge in [0, 0.05) is 11.5 Å². The SMILES string of the molecule is O=C(CSCCS)NC(CS)C(=O)O. The molecule has 0 saturated heterocycles. The van der Waals surface area contributed by atoms with Gasteiger partial charge < -0.3 is 10.4 Å². The van der Waals surface area contributed by atoms with Crippen molar-refractivity contribution in [1.29, 1.82) is 0 Å². The molecule has 0 radical (unpaired) electrons. The van der Waals surface area contributed by atoms with E-state index in [1.54, 1.807) is 0 Å². The molecule has 1 atom stereocenters. The highest BCUT2D eigenvalue weighted by atomic mass is 32.2. The molecule has 0 saturated carbocycles. The van der Waals surface area contributed by atoms with E-state index in [4.69, 9.17) is 5.11 Å². The maximum absolute atomic E-state index is 11.1. The third-order valence-electron chi connectivity index (χ3n) is 1.28. The number of carboxylic acid groups (broad SMARTS) is 1. The number of hydrogen-bond donors (Lipinski definition) is 4. The minimum absolute atomic E-state index is 0.0955. The minimum atomic E-state index is -1.06.